The molecule has 0 spiro atoms. The van der Waals surface area contributed by atoms with Crippen molar-refractivity contribution in [3.8, 4) is 5.88 Å². The minimum absolute atomic E-state index is 0.769. The highest BCUT2D eigenvalue weighted by Gasteiger charge is 1.93. The first kappa shape index (κ1) is 5.87. The van der Waals surface area contributed by atoms with Gasteiger partial charge in [0.05, 0.1) is 6.20 Å². The molecule has 0 fully saturated rings. The third kappa shape index (κ3) is 0.936. The maximum Gasteiger partial charge on any atom is 0.222 e. The minimum Gasteiger partial charge on any atom is -0.409 e. The van der Waals surface area contributed by atoms with Gasteiger partial charge < -0.3 is 3.07 Å². The first-order chi connectivity index (χ1) is 3.84. The summed E-state index contributed by atoms with van der Waals surface area (Å²) in [7, 11) is 1.83. The topological polar surface area (TPSA) is 27.1 Å². The molecule has 8 heavy (non-hydrogen) atoms. The van der Waals surface area contributed by atoms with Crippen molar-refractivity contribution in [2.45, 2.75) is 0 Å². The number of hydrogen-bond acceptors (Lipinski definition) is 2. The van der Waals surface area contributed by atoms with Gasteiger partial charge in [0, 0.05) is 13.1 Å². The van der Waals surface area contributed by atoms with Crippen LogP contribution in [0.2, 0.25) is 0 Å². The fourth-order valence-corrected chi connectivity index (χ4v) is 0.869. The predicted octanol–water partition coefficient (Wildman–Crippen LogP) is 1.15. The average molecular weight is 224 g/mol. The summed E-state index contributed by atoms with van der Waals surface area (Å²) in [6, 6.07) is 1.80. The third-order valence-electron chi connectivity index (χ3n) is 0.855. The zero-order chi connectivity index (χ0) is 5.98. The number of hydrogen-bond donors (Lipinski definition) is 0. The standard InChI is InChI=1S/C4H5IN2O/c1-7-4(8-5)2-3-6-7/h2-3H,1H3. The van der Waals surface area contributed by atoms with E-state index in [2.05, 4.69) is 5.10 Å². The van der Waals surface area contributed by atoms with Gasteiger partial charge >= 0.3 is 0 Å². The van der Waals surface area contributed by atoms with Crippen molar-refractivity contribution >= 4 is 23.0 Å². The number of rotatable bonds is 1. The smallest absolute Gasteiger partial charge is 0.222 e. The van der Waals surface area contributed by atoms with E-state index in [4.69, 9.17) is 3.07 Å². The summed E-state index contributed by atoms with van der Waals surface area (Å²) in [5, 5.41) is 3.87. The van der Waals surface area contributed by atoms with E-state index in [9.17, 15) is 0 Å². The van der Waals surface area contributed by atoms with Gasteiger partial charge in [-0.25, -0.2) is 4.68 Å². The Morgan fingerprint density at radius 3 is 2.88 bits per heavy atom. The molecular weight excluding hydrogens is 219 g/mol. The van der Waals surface area contributed by atoms with Gasteiger partial charge in [0.1, 0.15) is 0 Å². The van der Waals surface area contributed by atoms with E-state index < -0.39 is 0 Å². The van der Waals surface area contributed by atoms with Gasteiger partial charge in [-0.05, 0) is 0 Å². The van der Waals surface area contributed by atoms with Crippen LogP contribution in [0.25, 0.3) is 0 Å². The Bertz CT molecular complexity index is 174. The first-order valence-corrected chi connectivity index (χ1v) is 2.99. The lowest BCUT2D eigenvalue weighted by atomic mass is 10.7. The highest BCUT2D eigenvalue weighted by atomic mass is 127. The maximum atomic E-state index is 4.86. The van der Waals surface area contributed by atoms with Crippen molar-refractivity contribution in [3.05, 3.63) is 12.3 Å². The molecule has 44 valence electrons. The van der Waals surface area contributed by atoms with Crippen LogP contribution in [0, 0.1) is 0 Å². The summed E-state index contributed by atoms with van der Waals surface area (Å²) in [6.07, 6.45) is 1.69. The van der Waals surface area contributed by atoms with E-state index in [1.807, 2.05) is 30.1 Å². The van der Waals surface area contributed by atoms with E-state index in [1.165, 1.54) is 0 Å². The van der Waals surface area contributed by atoms with E-state index in [0.29, 0.717) is 0 Å². The zero-order valence-electron chi connectivity index (χ0n) is 4.34. The molecule has 0 bridgehead atoms. The number of aryl methyl sites for hydroxylation is 1. The van der Waals surface area contributed by atoms with E-state index in [-0.39, 0.29) is 0 Å². The molecule has 0 aliphatic heterocycles. The van der Waals surface area contributed by atoms with Crippen LogP contribution in [0.4, 0.5) is 0 Å². The van der Waals surface area contributed by atoms with Gasteiger partial charge in [-0.1, -0.05) is 0 Å². The normalized spacial score (nSPS) is 9.25. The third-order valence-corrected chi connectivity index (χ3v) is 1.31. The predicted molar refractivity (Wildman–Crippen MR) is 37.9 cm³/mol. The molecule has 0 unspecified atom stereocenters. The van der Waals surface area contributed by atoms with E-state index in [1.54, 1.807) is 16.9 Å². The second kappa shape index (κ2) is 2.34. The lowest BCUT2D eigenvalue weighted by molar-refractivity contribution is 0.593. The van der Waals surface area contributed by atoms with Gasteiger partial charge in [0.2, 0.25) is 5.88 Å². The molecule has 0 aliphatic rings. The van der Waals surface area contributed by atoms with Crippen molar-refractivity contribution < 1.29 is 3.07 Å². The summed E-state index contributed by atoms with van der Waals surface area (Å²) >= 11 is 1.81. The molecule has 0 saturated heterocycles. The van der Waals surface area contributed by atoms with Crippen LogP contribution in [0.15, 0.2) is 12.3 Å². The van der Waals surface area contributed by atoms with Gasteiger partial charge in [-0.2, -0.15) is 5.10 Å². The number of aromatic nitrogens is 2. The summed E-state index contributed by atoms with van der Waals surface area (Å²) in [5.41, 5.74) is 0. The van der Waals surface area contributed by atoms with Gasteiger partial charge in [0.15, 0.2) is 23.0 Å². The Morgan fingerprint density at radius 1 is 1.88 bits per heavy atom. The van der Waals surface area contributed by atoms with Crippen LogP contribution in [-0.4, -0.2) is 9.78 Å². The second-order valence-corrected chi connectivity index (χ2v) is 1.81. The van der Waals surface area contributed by atoms with Crippen LogP contribution >= 0.6 is 23.0 Å². The molecule has 1 aromatic rings. The number of halogens is 1. The van der Waals surface area contributed by atoms with Crippen LogP contribution < -0.4 is 3.07 Å². The molecule has 3 nitrogen and oxygen atoms in total. The molecule has 1 aromatic heterocycles. The minimum atomic E-state index is 0.769. The zero-order valence-corrected chi connectivity index (χ0v) is 6.49. The quantitative estimate of drug-likeness (QED) is 0.669. The fraction of sp³-hybridized carbons (Fsp3) is 0.250. The Labute approximate surface area is 61.3 Å². The molecule has 1 rings (SSSR count). The van der Waals surface area contributed by atoms with E-state index in [0.717, 1.165) is 5.88 Å². The highest BCUT2D eigenvalue weighted by molar-refractivity contribution is 14.1. The summed E-state index contributed by atoms with van der Waals surface area (Å²) in [4.78, 5) is 0. The van der Waals surface area contributed by atoms with Gasteiger partial charge in [-0.15, -0.1) is 0 Å². The van der Waals surface area contributed by atoms with Crippen molar-refractivity contribution in [1.29, 1.82) is 0 Å². The molecule has 0 aromatic carbocycles. The molecule has 0 aliphatic carbocycles. The second-order valence-electron chi connectivity index (χ2n) is 1.37. The summed E-state index contributed by atoms with van der Waals surface area (Å²) < 4.78 is 6.51. The van der Waals surface area contributed by atoms with Gasteiger partial charge in [0.25, 0.3) is 0 Å². The Hall–Kier alpha value is -0.260. The molecule has 0 saturated carbocycles. The molecule has 1 heterocycles. The van der Waals surface area contributed by atoms with E-state index >= 15 is 0 Å². The van der Waals surface area contributed by atoms with Crippen LogP contribution in [0.5, 0.6) is 5.88 Å². The van der Waals surface area contributed by atoms with Crippen molar-refractivity contribution in [3.63, 3.8) is 0 Å². The largest absolute Gasteiger partial charge is 0.409 e. The monoisotopic (exact) mass is 224 g/mol. The van der Waals surface area contributed by atoms with Crippen LogP contribution in [0.3, 0.4) is 0 Å². The fourth-order valence-electron chi connectivity index (χ4n) is 0.438. The Morgan fingerprint density at radius 2 is 2.62 bits per heavy atom. The SMILES string of the molecule is Cn1nccc1OI. The molecule has 0 amide bonds. The summed E-state index contributed by atoms with van der Waals surface area (Å²) in [5.74, 6) is 0.769. The Kier molecular flexibility index (Phi) is 1.72. The molecule has 4 heteroatoms. The first-order valence-electron chi connectivity index (χ1n) is 2.11. The number of nitrogens with zero attached hydrogens (tertiary/aromatic N) is 2. The molecular formula is C4H5IN2O. The van der Waals surface area contributed by atoms with Crippen molar-refractivity contribution in [2.75, 3.05) is 0 Å². The van der Waals surface area contributed by atoms with Crippen LogP contribution in [-0.2, 0) is 7.05 Å². The molecule has 0 radical (unpaired) electrons. The van der Waals surface area contributed by atoms with Gasteiger partial charge in [-0.3, -0.25) is 0 Å². The average Bonchev–Trinajstić information content (AvgIpc) is 2.14. The molecule has 0 atom stereocenters. The summed E-state index contributed by atoms with van der Waals surface area (Å²) in [6.45, 7) is 0. The van der Waals surface area contributed by atoms with Crippen molar-refractivity contribution in [1.82, 2.24) is 9.78 Å². The van der Waals surface area contributed by atoms with Crippen LogP contribution in [0.1, 0.15) is 0 Å². The highest BCUT2D eigenvalue weighted by Crippen LogP contribution is 2.08. The lowest BCUT2D eigenvalue weighted by Crippen LogP contribution is -1.90. The lowest BCUT2D eigenvalue weighted by Gasteiger charge is -1.92. The Balaban J connectivity index is 2.92. The maximum absolute atomic E-state index is 4.86. The van der Waals surface area contributed by atoms with Crippen molar-refractivity contribution in [2.24, 2.45) is 7.05 Å². The molecule has 0 N–H and O–H groups in total.